The van der Waals surface area contributed by atoms with Crippen LogP contribution in [0.4, 0.5) is 0 Å². The van der Waals surface area contributed by atoms with Crippen LogP contribution in [-0.4, -0.2) is 30.2 Å². The van der Waals surface area contributed by atoms with E-state index in [1.807, 2.05) is 25.1 Å². The Morgan fingerprint density at radius 1 is 1.08 bits per heavy atom. The Labute approximate surface area is 151 Å². The van der Waals surface area contributed by atoms with Gasteiger partial charge >= 0.3 is 5.97 Å². The number of ether oxygens (including phenoxy) is 2. The molecule has 1 unspecified atom stereocenters. The van der Waals surface area contributed by atoms with Crippen LogP contribution in [-0.2, 0) is 11.2 Å². The van der Waals surface area contributed by atoms with Gasteiger partial charge in [0.15, 0.2) is 11.5 Å². The smallest absolute Gasteiger partial charge is 0.335 e. The molecule has 6 heteroatoms. The molecule has 0 saturated carbocycles. The number of nitrogens with one attached hydrogen (secondary N) is 1. The van der Waals surface area contributed by atoms with Gasteiger partial charge in [-0.3, -0.25) is 4.79 Å². The van der Waals surface area contributed by atoms with Crippen molar-refractivity contribution in [3.63, 3.8) is 0 Å². The zero-order chi connectivity index (χ0) is 18.5. The third kappa shape index (κ3) is 4.14. The fourth-order valence-corrected chi connectivity index (χ4v) is 2.89. The van der Waals surface area contributed by atoms with Crippen molar-refractivity contribution in [1.82, 2.24) is 5.32 Å². The van der Waals surface area contributed by atoms with Crippen molar-refractivity contribution in [1.29, 1.82) is 0 Å². The van der Waals surface area contributed by atoms with E-state index in [0.717, 1.165) is 23.3 Å². The Hall–Kier alpha value is -3.02. The summed E-state index contributed by atoms with van der Waals surface area (Å²) in [7, 11) is 0. The maximum atomic E-state index is 12.4. The van der Waals surface area contributed by atoms with Gasteiger partial charge in [0.1, 0.15) is 13.2 Å². The second-order valence-corrected chi connectivity index (χ2v) is 6.11. The monoisotopic (exact) mass is 355 g/mol. The molecule has 1 atom stereocenters. The van der Waals surface area contributed by atoms with E-state index >= 15 is 0 Å². The maximum absolute atomic E-state index is 12.4. The summed E-state index contributed by atoms with van der Waals surface area (Å²) < 4.78 is 11.1. The van der Waals surface area contributed by atoms with E-state index in [1.165, 1.54) is 12.1 Å². The summed E-state index contributed by atoms with van der Waals surface area (Å²) in [5.41, 5.74) is 1.94. The fraction of sp³-hybridized carbons (Fsp3) is 0.300. The summed E-state index contributed by atoms with van der Waals surface area (Å²) in [5.74, 6) is 0.325. The fourth-order valence-electron chi connectivity index (χ4n) is 2.89. The summed E-state index contributed by atoms with van der Waals surface area (Å²) in [5, 5.41) is 11.9. The molecule has 0 bridgehead atoms. The van der Waals surface area contributed by atoms with Crippen molar-refractivity contribution < 1.29 is 24.2 Å². The number of aromatic carboxylic acids is 1. The topological polar surface area (TPSA) is 84.9 Å². The summed E-state index contributed by atoms with van der Waals surface area (Å²) in [6.45, 7) is 3.07. The highest BCUT2D eigenvalue weighted by Gasteiger charge is 2.18. The Bertz CT molecular complexity index is 800. The largest absolute Gasteiger partial charge is 0.486 e. The molecular weight excluding hydrogens is 334 g/mol. The number of carbonyl (C=O) groups is 2. The van der Waals surface area contributed by atoms with Crippen molar-refractivity contribution in [3.05, 3.63) is 59.2 Å². The van der Waals surface area contributed by atoms with Crippen LogP contribution in [0.5, 0.6) is 11.5 Å². The van der Waals surface area contributed by atoms with Gasteiger partial charge in [-0.25, -0.2) is 4.79 Å². The van der Waals surface area contributed by atoms with Gasteiger partial charge in [-0.05, 0) is 41.8 Å². The molecule has 2 aromatic rings. The van der Waals surface area contributed by atoms with E-state index in [1.54, 1.807) is 12.1 Å². The Kier molecular flexibility index (Phi) is 5.41. The first kappa shape index (κ1) is 17.8. The van der Waals surface area contributed by atoms with Gasteiger partial charge in [0.2, 0.25) is 5.91 Å². The lowest BCUT2D eigenvalue weighted by Gasteiger charge is -2.22. The molecule has 1 aliphatic rings. The van der Waals surface area contributed by atoms with Gasteiger partial charge in [-0.2, -0.15) is 0 Å². The summed E-state index contributed by atoms with van der Waals surface area (Å²) >= 11 is 0. The molecule has 2 aromatic carbocycles. The first-order valence-electron chi connectivity index (χ1n) is 8.58. The average molecular weight is 355 g/mol. The molecule has 26 heavy (non-hydrogen) atoms. The standard InChI is InChI=1S/C20H21NO5/c1-2-16(15-7-8-17-18(12-15)26-10-9-25-17)21-19(22)11-13-3-5-14(6-4-13)20(23)24/h3-8,12,16H,2,9-11H2,1H3,(H,21,22)(H,23,24). The quantitative estimate of drug-likeness (QED) is 0.832. The Balaban J connectivity index is 1.65. The third-order valence-corrected chi connectivity index (χ3v) is 4.28. The van der Waals surface area contributed by atoms with E-state index in [9.17, 15) is 9.59 Å². The molecule has 0 fully saturated rings. The van der Waals surface area contributed by atoms with Crippen molar-refractivity contribution in [2.75, 3.05) is 13.2 Å². The van der Waals surface area contributed by atoms with Gasteiger partial charge in [-0.1, -0.05) is 25.1 Å². The van der Waals surface area contributed by atoms with Gasteiger partial charge in [0.05, 0.1) is 18.0 Å². The average Bonchev–Trinajstić information content (AvgIpc) is 2.66. The van der Waals surface area contributed by atoms with Crippen LogP contribution in [0.15, 0.2) is 42.5 Å². The molecule has 3 rings (SSSR count). The van der Waals surface area contributed by atoms with Gasteiger partial charge in [-0.15, -0.1) is 0 Å². The zero-order valence-corrected chi connectivity index (χ0v) is 14.5. The number of fused-ring (bicyclic) bond motifs is 1. The number of carbonyl (C=O) groups excluding carboxylic acids is 1. The lowest BCUT2D eigenvalue weighted by molar-refractivity contribution is -0.121. The zero-order valence-electron chi connectivity index (χ0n) is 14.5. The van der Waals surface area contributed by atoms with E-state index in [2.05, 4.69) is 5.32 Å². The lowest BCUT2D eigenvalue weighted by atomic mass is 10.0. The molecule has 0 aromatic heterocycles. The number of benzene rings is 2. The summed E-state index contributed by atoms with van der Waals surface area (Å²) in [6, 6.07) is 11.9. The Morgan fingerprint density at radius 2 is 1.77 bits per heavy atom. The second-order valence-electron chi connectivity index (χ2n) is 6.11. The van der Waals surface area contributed by atoms with Gasteiger partial charge < -0.3 is 19.9 Å². The molecule has 1 amide bonds. The molecule has 0 aliphatic carbocycles. The first-order chi connectivity index (χ1) is 12.6. The number of carboxylic acid groups (broad SMARTS) is 1. The molecular formula is C20H21NO5. The van der Waals surface area contributed by atoms with E-state index in [0.29, 0.717) is 19.0 Å². The van der Waals surface area contributed by atoms with Crippen LogP contribution in [0, 0.1) is 0 Å². The number of hydrogen-bond acceptors (Lipinski definition) is 4. The molecule has 1 aliphatic heterocycles. The minimum absolute atomic E-state index is 0.116. The minimum Gasteiger partial charge on any atom is -0.486 e. The third-order valence-electron chi connectivity index (χ3n) is 4.28. The predicted molar refractivity (Wildman–Crippen MR) is 95.7 cm³/mol. The first-order valence-corrected chi connectivity index (χ1v) is 8.58. The van der Waals surface area contributed by atoms with Gasteiger partial charge in [0.25, 0.3) is 0 Å². The molecule has 136 valence electrons. The SMILES string of the molecule is CCC(NC(=O)Cc1ccc(C(=O)O)cc1)c1ccc2c(c1)OCCO2. The number of hydrogen-bond donors (Lipinski definition) is 2. The minimum atomic E-state index is -0.981. The number of amides is 1. The molecule has 2 N–H and O–H groups in total. The summed E-state index contributed by atoms with van der Waals surface area (Å²) in [4.78, 5) is 23.3. The predicted octanol–water partition coefficient (Wildman–Crippen LogP) is 2.97. The Morgan fingerprint density at radius 3 is 2.42 bits per heavy atom. The van der Waals surface area contributed by atoms with E-state index < -0.39 is 5.97 Å². The highest BCUT2D eigenvalue weighted by atomic mass is 16.6. The normalized spacial score (nSPS) is 13.7. The molecule has 1 heterocycles. The molecule has 6 nitrogen and oxygen atoms in total. The van der Waals surface area contributed by atoms with E-state index in [-0.39, 0.29) is 23.9 Å². The molecule has 0 radical (unpaired) electrons. The highest BCUT2D eigenvalue weighted by Crippen LogP contribution is 2.33. The van der Waals surface area contributed by atoms with Crippen LogP contribution in [0.2, 0.25) is 0 Å². The second kappa shape index (κ2) is 7.91. The van der Waals surface area contributed by atoms with E-state index in [4.69, 9.17) is 14.6 Å². The number of rotatable bonds is 6. The van der Waals surface area contributed by atoms with Crippen LogP contribution in [0.25, 0.3) is 0 Å². The van der Waals surface area contributed by atoms with Crippen LogP contribution in [0.1, 0.15) is 40.9 Å². The van der Waals surface area contributed by atoms with Crippen molar-refractivity contribution in [2.45, 2.75) is 25.8 Å². The van der Waals surface area contributed by atoms with Gasteiger partial charge in [0, 0.05) is 0 Å². The molecule has 0 spiro atoms. The van der Waals surface area contributed by atoms with Crippen molar-refractivity contribution in [2.24, 2.45) is 0 Å². The molecule has 0 saturated heterocycles. The van der Waals surface area contributed by atoms with Crippen molar-refractivity contribution >= 4 is 11.9 Å². The van der Waals surface area contributed by atoms with Crippen molar-refractivity contribution in [3.8, 4) is 11.5 Å². The summed E-state index contributed by atoms with van der Waals surface area (Å²) in [6.07, 6.45) is 0.935. The van der Waals surface area contributed by atoms with Crippen LogP contribution in [0.3, 0.4) is 0 Å². The lowest BCUT2D eigenvalue weighted by Crippen LogP contribution is -2.29. The number of carboxylic acids is 1. The maximum Gasteiger partial charge on any atom is 0.335 e. The van der Waals surface area contributed by atoms with Crippen LogP contribution < -0.4 is 14.8 Å². The highest BCUT2D eigenvalue weighted by molar-refractivity contribution is 5.87. The van der Waals surface area contributed by atoms with Crippen LogP contribution >= 0.6 is 0 Å².